The van der Waals surface area contributed by atoms with Gasteiger partial charge in [-0.1, -0.05) is 58.6 Å². The standard InChI is InChI=1S/C24H23Cl3N2O2/c1-16-2-7-21(8-3-16)29-24(30)15-31-23-9-6-19(25)12-18(23)14-28-11-10-17-4-5-20(26)13-22(17)27/h2-9,12-13,28H,10-11,14-15H2,1H3,(H,29,30). The lowest BCUT2D eigenvalue weighted by Gasteiger charge is -2.13. The molecule has 0 unspecified atom stereocenters. The minimum Gasteiger partial charge on any atom is -0.483 e. The van der Waals surface area contributed by atoms with Gasteiger partial charge in [-0.25, -0.2) is 0 Å². The molecule has 1 amide bonds. The average Bonchev–Trinajstić information content (AvgIpc) is 2.73. The second kappa shape index (κ2) is 11.4. The summed E-state index contributed by atoms with van der Waals surface area (Å²) in [6, 6.07) is 18.4. The molecule has 0 saturated carbocycles. The van der Waals surface area contributed by atoms with Gasteiger partial charge in [0.05, 0.1) is 0 Å². The van der Waals surface area contributed by atoms with Crippen LogP contribution in [0.4, 0.5) is 5.69 Å². The molecule has 0 radical (unpaired) electrons. The minimum atomic E-state index is -0.227. The van der Waals surface area contributed by atoms with E-state index in [0.29, 0.717) is 33.9 Å². The van der Waals surface area contributed by atoms with Crippen molar-refractivity contribution in [2.24, 2.45) is 0 Å². The molecule has 0 aliphatic heterocycles. The van der Waals surface area contributed by atoms with E-state index in [0.717, 1.165) is 28.8 Å². The molecule has 3 rings (SSSR count). The summed E-state index contributed by atoms with van der Waals surface area (Å²) in [5.41, 5.74) is 3.76. The van der Waals surface area contributed by atoms with Crippen molar-refractivity contribution >= 4 is 46.4 Å². The molecule has 31 heavy (non-hydrogen) atoms. The van der Waals surface area contributed by atoms with Crippen molar-refractivity contribution in [3.8, 4) is 5.75 Å². The third-order valence-electron chi connectivity index (χ3n) is 4.62. The molecule has 0 atom stereocenters. The van der Waals surface area contributed by atoms with Gasteiger partial charge < -0.3 is 15.4 Å². The molecule has 0 aliphatic carbocycles. The number of ether oxygens (including phenoxy) is 1. The van der Waals surface area contributed by atoms with Crippen molar-refractivity contribution in [3.63, 3.8) is 0 Å². The maximum Gasteiger partial charge on any atom is 0.262 e. The molecule has 7 heteroatoms. The molecule has 0 aromatic heterocycles. The molecule has 0 saturated heterocycles. The Hall–Kier alpha value is -2.24. The van der Waals surface area contributed by atoms with Gasteiger partial charge in [0.15, 0.2) is 6.61 Å². The topological polar surface area (TPSA) is 50.4 Å². The lowest BCUT2D eigenvalue weighted by molar-refractivity contribution is -0.118. The molecule has 0 spiro atoms. The van der Waals surface area contributed by atoms with Crippen LogP contribution in [0.25, 0.3) is 0 Å². The monoisotopic (exact) mass is 476 g/mol. The number of rotatable bonds is 9. The SMILES string of the molecule is Cc1ccc(NC(=O)COc2ccc(Cl)cc2CNCCc2ccc(Cl)cc2Cl)cc1. The second-order valence-corrected chi connectivity index (χ2v) is 8.40. The van der Waals surface area contributed by atoms with Gasteiger partial charge in [-0.2, -0.15) is 0 Å². The highest BCUT2D eigenvalue weighted by Crippen LogP contribution is 2.24. The van der Waals surface area contributed by atoms with Gasteiger partial charge in [-0.15, -0.1) is 0 Å². The lowest BCUT2D eigenvalue weighted by atomic mass is 10.1. The van der Waals surface area contributed by atoms with Crippen LogP contribution in [-0.4, -0.2) is 19.1 Å². The largest absolute Gasteiger partial charge is 0.483 e. The van der Waals surface area contributed by atoms with Crippen molar-refractivity contribution in [2.45, 2.75) is 19.9 Å². The van der Waals surface area contributed by atoms with Crippen molar-refractivity contribution in [1.29, 1.82) is 0 Å². The number of carbonyl (C=O) groups excluding carboxylic acids is 1. The Morgan fingerprint density at radius 3 is 2.35 bits per heavy atom. The van der Waals surface area contributed by atoms with Crippen molar-refractivity contribution in [3.05, 3.63) is 92.4 Å². The van der Waals surface area contributed by atoms with Crippen LogP contribution < -0.4 is 15.4 Å². The van der Waals surface area contributed by atoms with E-state index in [9.17, 15) is 4.79 Å². The third-order valence-corrected chi connectivity index (χ3v) is 5.44. The smallest absolute Gasteiger partial charge is 0.262 e. The van der Waals surface area contributed by atoms with E-state index in [2.05, 4.69) is 10.6 Å². The zero-order chi connectivity index (χ0) is 22.2. The Bertz CT molecular complexity index is 1040. The summed E-state index contributed by atoms with van der Waals surface area (Å²) in [5, 5.41) is 8.06. The maximum atomic E-state index is 12.2. The third kappa shape index (κ3) is 7.44. The van der Waals surface area contributed by atoms with Crippen molar-refractivity contribution < 1.29 is 9.53 Å². The lowest BCUT2D eigenvalue weighted by Crippen LogP contribution is -2.21. The van der Waals surface area contributed by atoms with E-state index in [1.54, 1.807) is 18.2 Å². The first-order valence-corrected chi connectivity index (χ1v) is 11.0. The predicted octanol–water partition coefficient (Wildman–Crippen LogP) is 6.31. The van der Waals surface area contributed by atoms with Crippen LogP contribution in [-0.2, 0) is 17.8 Å². The summed E-state index contributed by atoms with van der Waals surface area (Å²) in [6.45, 7) is 3.15. The highest BCUT2D eigenvalue weighted by molar-refractivity contribution is 6.35. The molecule has 3 aromatic rings. The molecule has 0 heterocycles. The predicted molar refractivity (Wildman–Crippen MR) is 129 cm³/mol. The van der Waals surface area contributed by atoms with Gasteiger partial charge in [0.25, 0.3) is 5.91 Å². The van der Waals surface area contributed by atoms with Crippen LogP contribution in [0.2, 0.25) is 15.1 Å². The molecule has 0 aliphatic rings. The summed E-state index contributed by atoms with van der Waals surface area (Å²) < 4.78 is 5.75. The Morgan fingerprint density at radius 1 is 0.903 bits per heavy atom. The van der Waals surface area contributed by atoms with E-state index in [1.807, 2.05) is 49.4 Å². The Labute approximate surface area is 197 Å². The fourth-order valence-corrected chi connectivity index (χ4v) is 3.67. The second-order valence-electron chi connectivity index (χ2n) is 7.12. The molecule has 0 bridgehead atoms. The van der Waals surface area contributed by atoms with Gasteiger partial charge in [0.2, 0.25) is 0 Å². The maximum absolute atomic E-state index is 12.2. The summed E-state index contributed by atoms with van der Waals surface area (Å²) in [4.78, 5) is 12.2. The normalized spacial score (nSPS) is 10.7. The zero-order valence-electron chi connectivity index (χ0n) is 17.1. The van der Waals surface area contributed by atoms with Crippen molar-refractivity contribution in [2.75, 3.05) is 18.5 Å². The summed E-state index contributed by atoms with van der Waals surface area (Å²) in [7, 11) is 0. The summed E-state index contributed by atoms with van der Waals surface area (Å²) in [6.07, 6.45) is 0.756. The summed E-state index contributed by atoms with van der Waals surface area (Å²) in [5.74, 6) is 0.385. The van der Waals surface area contributed by atoms with Gasteiger partial charge in [0, 0.05) is 32.9 Å². The van der Waals surface area contributed by atoms with Crippen LogP contribution in [0.1, 0.15) is 16.7 Å². The Morgan fingerprint density at radius 2 is 1.61 bits per heavy atom. The van der Waals surface area contributed by atoms with Crippen LogP contribution in [0.3, 0.4) is 0 Å². The first-order chi connectivity index (χ1) is 14.9. The highest BCUT2D eigenvalue weighted by Gasteiger charge is 2.09. The average molecular weight is 478 g/mol. The van der Waals surface area contributed by atoms with Gasteiger partial charge >= 0.3 is 0 Å². The van der Waals surface area contributed by atoms with E-state index in [-0.39, 0.29) is 12.5 Å². The number of anilines is 1. The van der Waals surface area contributed by atoms with Gasteiger partial charge in [0.1, 0.15) is 5.75 Å². The molecular weight excluding hydrogens is 455 g/mol. The quantitative estimate of drug-likeness (QED) is 0.355. The zero-order valence-corrected chi connectivity index (χ0v) is 19.3. The fraction of sp³-hybridized carbons (Fsp3) is 0.208. The Kier molecular flexibility index (Phi) is 8.61. The first kappa shape index (κ1) is 23.4. The number of carbonyl (C=O) groups is 1. The number of hydrogen-bond acceptors (Lipinski definition) is 3. The van der Waals surface area contributed by atoms with Crippen LogP contribution in [0.5, 0.6) is 5.75 Å². The summed E-state index contributed by atoms with van der Waals surface area (Å²) >= 11 is 18.3. The molecule has 162 valence electrons. The van der Waals surface area contributed by atoms with E-state index in [1.165, 1.54) is 0 Å². The van der Waals surface area contributed by atoms with Gasteiger partial charge in [-0.05, 0) is 67.9 Å². The van der Waals surface area contributed by atoms with E-state index < -0.39 is 0 Å². The number of hydrogen-bond donors (Lipinski definition) is 2. The van der Waals surface area contributed by atoms with Gasteiger partial charge in [-0.3, -0.25) is 4.79 Å². The molecule has 2 N–H and O–H groups in total. The molecule has 3 aromatic carbocycles. The highest BCUT2D eigenvalue weighted by atomic mass is 35.5. The molecule has 4 nitrogen and oxygen atoms in total. The van der Waals surface area contributed by atoms with Crippen LogP contribution in [0.15, 0.2) is 60.7 Å². The minimum absolute atomic E-state index is 0.0944. The van der Waals surface area contributed by atoms with Crippen molar-refractivity contribution in [1.82, 2.24) is 5.32 Å². The number of halogens is 3. The van der Waals surface area contributed by atoms with Crippen LogP contribution in [0, 0.1) is 6.92 Å². The van der Waals surface area contributed by atoms with E-state index in [4.69, 9.17) is 39.5 Å². The Balaban J connectivity index is 1.52. The van der Waals surface area contributed by atoms with Crippen LogP contribution >= 0.6 is 34.8 Å². The number of aryl methyl sites for hydroxylation is 1. The molecule has 0 fully saturated rings. The molecular formula is C24H23Cl3N2O2. The first-order valence-electron chi connectivity index (χ1n) is 9.83. The number of amides is 1. The fourth-order valence-electron chi connectivity index (χ4n) is 2.97. The number of benzene rings is 3. The van der Waals surface area contributed by atoms with E-state index >= 15 is 0 Å². The number of nitrogens with one attached hydrogen (secondary N) is 2.